The zero-order valence-electron chi connectivity index (χ0n) is 12.2. The maximum atomic E-state index is 10.9. The summed E-state index contributed by atoms with van der Waals surface area (Å²) < 4.78 is 2.26. The van der Waals surface area contributed by atoms with Gasteiger partial charge in [-0.15, -0.1) is 0 Å². The molecule has 0 aliphatic heterocycles. The van der Waals surface area contributed by atoms with Crippen molar-refractivity contribution >= 4 is 16.9 Å². The van der Waals surface area contributed by atoms with Crippen LogP contribution in [0.3, 0.4) is 0 Å². The molecule has 0 fully saturated rings. The highest BCUT2D eigenvalue weighted by Gasteiger charge is 2.21. The Labute approximate surface area is 119 Å². The molecule has 0 bridgehead atoms. The molecule has 1 heterocycles. The van der Waals surface area contributed by atoms with E-state index >= 15 is 0 Å². The SMILES string of the molecule is Cc1cc(C)c2c3c(n(CCC(=O)O)c2c1)CCCC3. The van der Waals surface area contributed by atoms with Gasteiger partial charge in [0.2, 0.25) is 0 Å². The van der Waals surface area contributed by atoms with Crippen LogP contribution < -0.4 is 0 Å². The van der Waals surface area contributed by atoms with Crippen molar-refractivity contribution in [3.8, 4) is 0 Å². The molecule has 0 amide bonds. The number of benzene rings is 1. The molecule has 1 N–H and O–H groups in total. The van der Waals surface area contributed by atoms with Gasteiger partial charge in [0.25, 0.3) is 0 Å². The van der Waals surface area contributed by atoms with Crippen LogP contribution in [0.25, 0.3) is 10.9 Å². The molecule has 0 saturated heterocycles. The fourth-order valence-corrected chi connectivity index (χ4v) is 3.62. The van der Waals surface area contributed by atoms with Gasteiger partial charge in [0, 0.05) is 23.1 Å². The zero-order chi connectivity index (χ0) is 14.3. The van der Waals surface area contributed by atoms with Gasteiger partial charge >= 0.3 is 5.97 Å². The van der Waals surface area contributed by atoms with Crippen LogP contribution in [0.1, 0.15) is 41.6 Å². The number of aliphatic carboxylic acids is 1. The molecule has 1 aliphatic rings. The lowest BCUT2D eigenvalue weighted by molar-refractivity contribution is -0.137. The van der Waals surface area contributed by atoms with Gasteiger partial charge in [0.05, 0.1) is 6.42 Å². The van der Waals surface area contributed by atoms with Crippen molar-refractivity contribution in [3.05, 3.63) is 34.5 Å². The van der Waals surface area contributed by atoms with Crippen LogP contribution in [0.5, 0.6) is 0 Å². The Hall–Kier alpha value is -1.77. The summed E-state index contributed by atoms with van der Waals surface area (Å²) in [6.45, 7) is 4.87. The van der Waals surface area contributed by atoms with Crippen LogP contribution in [0.2, 0.25) is 0 Å². The Bertz CT molecular complexity index is 682. The second-order valence-electron chi connectivity index (χ2n) is 5.90. The number of aryl methyl sites for hydroxylation is 4. The second kappa shape index (κ2) is 4.97. The third-order valence-corrected chi connectivity index (χ3v) is 4.37. The molecule has 0 saturated carbocycles. The maximum absolute atomic E-state index is 10.9. The van der Waals surface area contributed by atoms with Crippen LogP contribution in [0, 0.1) is 13.8 Å². The highest BCUT2D eigenvalue weighted by Crippen LogP contribution is 2.35. The molecular formula is C17H21NO2. The molecular weight excluding hydrogens is 250 g/mol. The molecule has 3 heteroatoms. The zero-order valence-corrected chi connectivity index (χ0v) is 12.2. The van der Waals surface area contributed by atoms with Gasteiger partial charge < -0.3 is 9.67 Å². The van der Waals surface area contributed by atoms with Gasteiger partial charge in [-0.1, -0.05) is 6.07 Å². The maximum Gasteiger partial charge on any atom is 0.305 e. The van der Waals surface area contributed by atoms with Crippen LogP contribution in [-0.2, 0) is 24.2 Å². The average Bonchev–Trinajstić information content (AvgIpc) is 2.70. The second-order valence-corrected chi connectivity index (χ2v) is 5.90. The van der Waals surface area contributed by atoms with E-state index in [9.17, 15) is 4.79 Å². The van der Waals surface area contributed by atoms with Crippen LogP contribution in [-0.4, -0.2) is 15.6 Å². The first-order chi connectivity index (χ1) is 9.58. The third kappa shape index (κ3) is 2.11. The van der Waals surface area contributed by atoms with Crippen molar-refractivity contribution in [2.75, 3.05) is 0 Å². The third-order valence-electron chi connectivity index (χ3n) is 4.37. The number of hydrogen-bond donors (Lipinski definition) is 1. The van der Waals surface area contributed by atoms with E-state index in [2.05, 4.69) is 30.5 Å². The van der Waals surface area contributed by atoms with E-state index in [1.807, 2.05) is 0 Å². The van der Waals surface area contributed by atoms with Crippen molar-refractivity contribution < 1.29 is 9.90 Å². The Morgan fingerprint density at radius 2 is 2.00 bits per heavy atom. The highest BCUT2D eigenvalue weighted by atomic mass is 16.4. The Morgan fingerprint density at radius 3 is 2.75 bits per heavy atom. The summed E-state index contributed by atoms with van der Waals surface area (Å²) in [6, 6.07) is 4.45. The molecule has 0 radical (unpaired) electrons. The van der Waals surface area contributed by atoms with Gasteiger partial charge in [-0.25, -0.2) is 0 Å². The molecule has 2 aromatic rings. The van der Waals surface area contributed by atoms with E-state index in [4.69, 9.17) is 5.11 Å². The largest absolute Gasteiger partial charge is 0.481 e. The number of carboxylic acids is 1. The smallest absolute Gasteiger partial charge is 0.305 e. The van der Waals surface area contributed by atoms with Crippen LogP contribution >= 0.6 is 0 Å². The number of carbonyl (C=O) groups is 1. The monoisotopic (exact) mass is 271 g/mol. The molecule has 20 heavy (non-hydrogen) atoms. The fraction of sp³-hybridized carbons (Fsp3) is 0.471. The minimum Gasteiger partial charge on any atom is -0.481 e. The topological polar surface area (TPSA) is 42.2 Å². The van der Waals surface area contributed by atoms with Crippen molar-refractivity contribution in [2.24, 2.45) is 0 Å². The Kier molecular flexibility index (Phi) is 3.28. The number of carboxylic acid groups (broad SMARTS) is 1. The van der Waals surface area contributed by atoms with Gasteiger partial charge in [-0.3, -0.25) is 4.79 Å². The lowest BCUT2D eigenvalue weighted by Crippen LogP contribution is -2.11. The van der Waals surface area contributed by atoms with E-state index in [0.29, 0.717) is 6.54 Å². The van der Waals surface area contributed by atoms with E-state index in [0.717, 1.165) is 12.8 Å². The lowest BCUT2D eigenvalue weighted by atomic mass is 9.93. The predicted octanol–water partition coefficient (Wildman–Crippen LogP) is 3.61. The quantitative estimate of drug-likeness (QED) is 0.926. The van der Waals surface area contributed by atoms with Crippen LogP contribution in [0.15, 0.2) is 12.1 Å². The molecule has 0 atom stereocenters. The molecule has 3 rings (SSSR count). The summed E-state index contributed by atoms with van der Waals surface area (Å²) in [5.74, 6) is -0.721. The van der Waals surface area contributed by atoms with E-state index in [1.54, 1.807) is 0 Å². The highest BCUT2D eigenvalue weighted by molar-refractivity contribution is 5.89. The minimum absolute atomic E-state index is 0.198. The van der Waals surface area contributed by atoms with Crippen molar-refractivity contribution in [1.29, 1.82) is 0 Å². The van der Waals surface area contributed by atoms with Gasteiger partial charge in [0.15, 0.2) is 0 Å². The molecule has 106 valence electrons. The number of fused-ring (bicyclic) bond motifs is 3. The Balaban J connectivity index is 2.22. The number of aromatic nitrogens is 1. The summed E-state index contributed by atoms with van der Waals surface area (Å²) in [5, 5.41) is 10.4. The van der Waals surface area contributed by atoms with Crippen molar-refractivity contribution in [1.82, 2.24) is 4.57 Å². The first-order valence-electron chi connectivity index (χ1n) is 7.41. The van der Waals surface area contributed by atoms with Gasteiger partial charge in [0.1, 0.15) is 0 Å². The molecule has 1 aromatic carbocycles. The summed E-state index contributed by atoms with van der Waals surface area (Å²) in [4.78, 5) is 10.9. The van der Waals surface area contributed by atoms with Gasteiger partial charge in [-0.2, -0.15) is 0 Å². The minimum atomic E-state index is -0.721. The summed E-state index contributed by atoms with van der Waals surface area (Å²) in [6.07, 6.45) is 4.88. The molecule has 1 aliphatic carbocycles. The van der Waals surface area contributed by atoms with Gasteiger partial charge in [-0.05, 0) is 62.3 Å². The number of rotatable bonds is 3. The summed E-state index contributed by atoms with van der Waals surface area (Å²) in [5.41, 5.74) is 6.65. The van der Waals surface area contributed by atoms with E-state index < -0.39 is 5.97 Å². The normalized spacial score (nSPS) is 14.5. The lowest BCUT2D eigenvalue weighted by Gasteiger charge is -2.15. The molecule has 1 aromatic heterocycles. The average molecular weight is 271 g/mol. The van der Waals surface area contributed by atoms with Crippen molar-refractivity contribution in [2.45, 2.75) is 52.5 Å². The summed E-state index contributed by atoms with van der Waals surface area (Å²) >= 11 is 0. The standard InChI is InChI=1S/C17H21NO2/c1-11-9-12(2)17-13-5-3-4-6-14(13)18(15(17)10-11)8-7-16(19)20/h9-10H,3-8H2,1-2H3,(H,19,20). The number of hydrogen-bond acceptors (Lipinski definition) is 1. The fourth-order valence-electron chi connectivity index (χ4n) is 3.62. The summed E-state index contributed by atoms with van der Waals surface area (Å²) in [7, 11) is 0. The predicted molar refractivity (Wildman–Crippen MR) is 80.3 cm³/mol. The first-order valence-corrected chi connectivity index (χ1v) is 7.41. The Morgan fingerprint density at radius 1 is 1.25 bits per heavy atom. The molecule has 3 nitrogen and oxygen atoms in total. The van der Waals surface area contributed by atoms with Crippen LogP contribution in [0.4, 0.5) is 0 Å². The van der Waals surface area contributed by atoms with E-state index in [-0.39, 0.29) is 6.42 Å². The van der Waals surface area contributed by atoms with E-state index in [1.165, 1.54) is 46.1 Å². The van der Waals surface area contributed by atoms with Crippen molar-refractivity contribution in [3.63, 3.8) is 0 Å². The number of nitrogens with zero attached hydrogens (tertiary/aromatic N) is 1. The molecule has 0 spiro atoms. The first kappa shape index (κ1) is 13.2. The molecule has 0 unspecified atom stereocenters.